The van der Waals surface area contributed by atoms with Gasteiger partial charge in [-0.25, -0.2) is 4.68 Å². The van der Waals surface area contributed by atoms with E-state index in [0.717, 1.165) is 79.2 Å². The highest BCUT2D eigenvalue weighted by atomic mass is 16.1. The highest BCUT2D eigenvalue weighted by molar-refractivity contribution is 5.98. The molecule has 212 valence electrons. The molecular weight excluding hydrogens is 504 g/mol. The standard InChI is InChI=1S/C36H42N4O/c1-25-10-12-30(22-26(25)2)34-9-7-5-6-8-32-24-33(37-40(32)34)27(3)39-21-18-29-13-14-31(23-35(29)39)36(41)15-11-28-16-19-38(4)20-17-28/h5,7,9-10,12-14,22-24,28H,3,6,8,11,15-21H2,1-2,4H3/b7-5-,34-9-. The zero-order valence-corrected chi connectivity index (χ0v) is 24.8. The molecule has 0 radical (unpaired) electrons. The van der Waals surface area contributed by atoms with Crippen LogP contribution in [0.2, 0.25) is 0 Å². The number of hydrogen-bond donors (Lipinski definition) is 0. The van der Waals surface area contributed by atoms with Crippen molar-refractivity contribution in [3.8, 4) is 0 Å². The topological polar surface area (TPSA) is 41.4 Å². The first kappa shape index (κ1) is 27.5. The molecule has 41 heavy (non-hydrogen) atoms. The van der Waals surface area contributed by atoms with Gasteiger partial charge in [-0.05, 0) is 119 Å². The van der Waals surface area contributed by atoms with Crippen LogP contribution in [0.25, 0.3) is 11.4 Å². The summed E-state index contributed by atoms with van der Waals surface area (Å²) in [6.45, 7) is 12.0. The third-order valence-corrected chi connectivity index (χ3v) is 9.31. The molecule has 0 atom stereocenters. The highest BCUT2D eigenvalue weighted by Crippen LogP contribution is 2.36. The van der Waals surface area contributed by atoms with E-state index in [9.17, 15) is 4.79 Å². The number of ketones is 1. The molecule has 1 aromatic heterocycles. The number of rotatable bonds is 7. The Morgan fingerprint density at radius 1 is 1.00 bits per heavy atom. The number of piperidine rings is 1. The molecule has 0 N–H and O–H groups in total. The van der Waals surface area contributed by atoms with Crippen LogP contribution in [0.4, 0.5) is 5.69 Å². The van der Waals surface area contributed by atoms with Gasteiger partial charge in [0.15, 0.2) is 5.78 Å². The van der Waals surface area contributed by atoms with Gasteiger partial charge in [-0.15, -0.1) is 0 Å². The van der Waals surface area contributed by atoms with E-state index < -0.39 is 0 Å². The minimum atomic E-state index is 0.254. The first-order valence-electron chi connectivity index (χ1n) is 15.2. The van der Waals surface area contributed by atoms with Gasteiger partial charge in [-0.3, -0.25) is 4.79 Å². The van der Waals surface area contributed by atoms with Crippen molar-refractivity contribution in [1.29, 1.82) is 0 Å². The Morgan fingerprint density at radius 2 is 1.83 bits per heavy atom. The third kappa shape index (κ3) is 5.73. The minimum Gasteiger partial charge on any atom is -0.340 e. The molecule has 2 aromatic carbocycles. The number of fused-ring (bicyclic) bond motifs is 2. The van der Waals surface area contributed by atoms with Crippen LogP contribution in [-0.2, 0) is 12.8 Å². The van der Waals surface area contributed by atoms with E-state index in [0.29, 0.717) is 12.3 Å². The second-order valence-corrected chi connectivity index (χ2v) is 12.2. The number of aromatic nitrogens is 2. The Hall–Kier alpha value is -3.70. The summed E-state index contributed by atoms with van der Waals surface area (Å²) in [5, 5.41) is 5.13. The van der Waals surface area contributed by atoms with E-state index in [1.165, 1.54) is 35.2 Å². The van der Waals surface area contributed by atoms with Crippen molar-refractivity contribution in [1.82, 2.24) is 14.7 Å². The quantitative estimate of drug-likeness (QED) is 0.293. The van der Waals surface area contributed by atoms with Gasteiger partial charge in [-0.2, -0.15) is 5.10 Å². The van der Waals surface area contributed by atoms with Crippen LogP contribution in [0.3, 0.4) is 0 Å². The van der Waals surface area contributed by atoms with Gasteiger partial charge in [0.1, 0.15) is 5.69 Å². The van der Waals surface area contributed by atoms with Crippen LogP contribution >= 0.6 is 0 Å². The van der Waals surface area contributed by atoms with Crippen LogP contribution in [0.5, 0.6) is 0 Å². The third-order valence-electron chi connectivity index (χ3n) is 9.31. The number of allylic oxidation sites excluding steroid dienone is 3. The van der Waals surface area contributed by atoms with Crippen molar-refractivity contribution in [3.63, 3.8) is 0 Å². The molecule has 1 saturated heterocycles. The van der Waals surface area contributed by atoms with Crippen LogP contribution in [0.15, 0.2) is 67.3 Å². The molecule has 1 fully saturated rings. The molecule has 5 nitrogen and oxygen atoms in total. The van der Waals surface area contributed by atoms with Gasteiger partial charge in [0.25, 0.3) is 0 Å². The lowest BCUT2D eigenvalue weighted by molar-refractivity contribution is 0.0965. The molecule has 0 amide bonds. The number of benzene rings is 2. The number of anilines is 1. The van der Waals surface area contributed by atoms with Gasteiger partial charge >= 0.3 is 0 Å². The summed E-state index contributed by atoms with van der Waals surface area (Å²) < 4.78 is 2.11. The van der Waals surface area contributed by atoms with E-state index in [-0.39, 0.29) is 5.78 Å². The normalized spacial score (nSPS) is 19.6. The number of nitrogens with zero attached hydrogens (tertiary/aromatic N) is 4. The van der Waals surface area contributed by atoms with Crippen molar-refractivity contribution in [3.05, 3.63) is 106 Å². The maximum absolute atomic E-state index is 13.2. The maximum Gasteiger partial charge on any atom is 0.162 e. The van der Waals surface area contributed by atoms with E-state index >= 15 is 0 Å². The molecule has 3 aromatic rings. The summed E-state index contributed by atoms with van der Waals surface area (Å²) in [4.78, 5) is 17.9. The van der Waals surface area contributed by atoms with Crippen LogP contribution in [0.1, 0.15) is 76.1 Å². The molecule has 3 aliphatic rings. The minimum absolute atomic E-state index is 0.254. The number of hydrogen-bond acceptors (Lipinski definition) is 4. The van der Waals surface area contributed by atoms with Crippen molar-refractivity contribution in [2.45, 2.75) is 58.8 Å². The summed E-state index contributed by atoms with van der Waals surface area (Å²) >= 11 is 0. The molecule has 0 spiro atoms. The second-order valence-electron chi connectivity index (χ2n) is 12.2. The summed E-state index contributed by atoms with van der Waals surface area (Å²) in [6, 6.07) is 15.1. The Kier molecular flexibility index (Phi) is 7.81. The summed E-state index contributed by atoms with van der Waals surface area (Å²) in [5.41, 5.74) is 11.0. The fraction of sp³-hybridized carbons (Fsp3) is 0.389. The summed E-state index contributed by atoms with van der Waals surface area (Å²) in [6.07, 6.45) is 13.4. The van der Waals surface area contributed by atoms with Crippen LogP contribution < -0.4 is 4.90 Å². The maximum atomic E-state index is 13.2. The number of likely N-dealkylation sites (tertiary alicyclic amines) is 1. The molecule has 0 unspecified atom stereocenters. The SMILES string of the molecule is C=C(c1cc2n(n1)/C(c1ccc(C)c(C)c1)=C\C=C/CC2)N1CCc2ccc(C(=O)CCC3CCN(C)CC3)cc21. The zero-order valence-electron chi connectivity index (χ0n) is 24.8. The molecule has 5 heteroatoms. The van der Waals surface area contributed by atoms with Crippen LogP contribution in [-0.4, -0.2) is 47.1 Å². The van der Waals surface area contributed by atoms with Crippen molar-refractivity contribution in [2.24, 2.45) is 5.92 Å². The predicted octanol–water partition coefficient (Wildman–Crippen LogP) is 7.23. The second kappa shape index (κ2) is 11.7. The molecule has 0 bridgehead atoms. The fourth-order valence-corrected chi connectivity index (χ4v) is 6.43. The molecule has 0 aliphatic carbocycles. The lowest BCUT2D eigenvalue weighted by Gasteiger charge is -2.28. The fourth-order valence-electron chi connectivity index (χ4n) is 6.43. The van der Waals surface area contributed by atoms with E-state index in [1.807, 2.05) is 6.07 Å². The molecule has 3 aliphatic heterocycles. The highest BCUT2D eigenvalue weighted by Gasteiger charge is 2.26. The average molecular weight is 547 g/mol. The van der Waals surface area contributed by atoms with Crippen molar-refractivity contribution in [2.75, 3.05) is 31.6 Å². The summed E-state index contributed by atoms with van der Waals surface area (Å²) in [5.74, 6) is 0.920. The summed E-state index contributed by atoms with van der Waals surface area (Å²) in [7, 11) is 2.19. The largest absolute Gasteiger partial charge is 0.340 e. The molecular formula is C36H42N4O. The van der Waals surface area contributed by atoms with Gasteiger partial charge in [0.05, 0.1) is 11.4 Å². The lowest BCUT2D eigenvalue weighted by Crippen LogP contribution is -2.30. The monoisotopic (exact) mass is 546 g/mol. The molecule has 6 rings (SSSR count). The first-order valence-corrected chi connectivity index (χ1v) is 15.2. The number of carbonyl (C=O) groups excluding carboxylic acids is 1. The van der Waals surface area contributed by atoms with Gasteiger partial charge in [-0.1, -0.05) is 43.0 Å². The Bertz CT molecular complexity index is 1530. The smallest absolute Gasteiger partial charge is 0.162 e. The van der Waals surface area contributed by atoms with Crippen molar-refractivity contribution >= 4 is 22.9 Å². The Morgan fingerprint density at radius 3 is 2.63 bits per heavy atom. The van der Waals surface area contributed by atoms with Gasteiger partial charge in [0.2, 0.25) is 0 Å². The number of carbonyl (C=O) groups is 1. The lowest BCUT2D eigenvalue weighted by atomic mass is 9.90. The van der Waals surface area contributed by atoms with Gasteiger partial charge in [0, 0.05) is 35.5 Å². The average Bonchev–Trinajstić information content (AvgIpc) is 3.58. The first-order chi connectivity index (χ1) is 19.9. The molecule has 4 heterocycles. The Labute approximate surface area is 244 Å². The zero-order chi connectivity index (χ0) is 28.5. The predicted molar refractivity (Wildman–Crippen MR) is 169 cm³/mol. The molecule has 0 saturated carbocycles. The van der Waals surface area contributed by atoms with E-state index in [2.05, 4.69) is 96.6 Å². The van der Waals surface area contributed by atoms with Crippen molar-refractivity contribution < 1.29 is 4.79 Å². The van der Waals surface area contributed by atoms with Gasteiger partial charge < -0.3 is 9.80 Å². The number of Topliss-reactive ketones (excluding diaryl/α,β-unsaturated/α-hetero) is 1. The Balaban J connectivity index is 1.23. The van der Waals surface area contributed by atoms with E-state index in [4.69, 9.17) is 5.10 Å². The van der Waals surface area contributed by atoms with E-state index in [1.54, 1.807) is 0 Å². The number of aryl methyl sites for hydroxylation is 3. The van der Waals surface area contributed by atoms with Crippen LogP contribution in [0, 0.1) is 19.8 Å².